The van der Waals surface area contributed by atoms with Crippen LogP contribution >= 0.6 is 0 Å². The van der Waals surface area contributed by atoms with E-state index in [1.54, 1.807) is 6.20 Å². The van der Waals surface area contributed by atoms with Gasteiger partial charge in [-0.15, -0.1) is 0 Å². The lowest BCUT2D eigenvalue weighted by atomic mass is 9.83. The number of hydrogen-bond donors (Lipinski definition) is 3. The van der Waals surface area contributed by atoms with E-state index in [0.29, 0.717) is 5.95 Å². The molecular formula is C14H26N4O. The molecule has 0 saturated heterocycles. The maximum Gasteiger partial charge on any atom is 0.224 e. The molecule has 0 atom stereocenters. The van der Waals surface area contributed by atoms with Gasteiger partial charge in [0.15, 0.2) is 0 Å². The maximum atomic E-state index is 9.54. The zero-order valence-electron chi connectivity index (χ0n) is 12.2. The van der Waals surface area contributed by atoms with Gasteiger partial charge in [0.1, 0.15) is 5.82 Å². The van der Waals surface area contributed by atoms with Crippen molar-refractivity contribution in [3.8, 4) is 0 Å². The highest BCUT2D eigenvalue weighted by Crippen LogP contribution is 2.25. The van der Waals surface area contributed by atoms with Gasteiger partial charge >= 0.3 is 0 Å². The van der Waals surface area contributed by atoms with E-state index < -0.39 is 0 Å². The third kappa shape index (κ3) is 4.67. The number of aliphatic hydroxyl groups excluding tert-OH is 1. The first-order valence-electron chi connectivity index (χ1n) is 7.11. The monoisotopic (exact) mass is 266 g/mol. The van der Waals surface area contributed by atoms with Gasteiger partial charge in [-0.1, -0.05) is 20.8 Å². The Morgan fingerprint density at radius 3 is 2.53 bits per heavy atom. The van der Waals surface area contributed by atoms with Gasteiger partial charge in [0.2, 0.25) is 5.95 Å². The standard InChI is InChI=1S/C14H26N4O/c1-4-8-15-13-16-9-7-12(18-13)17-10-14(5-2,6-3)11-19/h7,9,19H,4-6,8,10-11H2,1-3H3,(H2,15,16,17,18). The molecule has 19 heavy (non-hydrogen) atoms. The normalized spacial score (nSPS) is 11.4. The molecule has 1 aromatic heterocycles. The molecule has 1 aromatic rings. The van der Waals surface area contributed by atoms with Crippen molar-refractivity contribution in [3.63, 3.8) is 0 Å². The summed E-state index contributed by atoms with van der Waals surface area (Å²) in [7, 11) is 0. The molecule has 0 radical (unpaired) electrons. The van der Waals surface area contributed by atoms with Gasteiger partial charge in [0.25, 0.3) is 0 Å². The van der Waals surface area contributed by atoms with E-state index in [1.165, 1.54) is 0 Å². The molecule has 0 aliphatic rings. The van der Waals surface area contributed by atoms with Crippen LogP contribution in [0.4, 0.5) is 11.8 Å². The van der Waals surface area contributed by atoms with Gasteiger partial charge in [-0.25, -0.2) is 4.98 Å². The van der Waals surface area contributed by atoms with E-state index in [-0.39, 0.29) is 12.0 Å². The Labute approximate surface area is 115 Å². The molecule has 0 bridgehead atoms. The summed E-state index contributed by atoms with van der Waals surface area (Å²) in [6, 6.07) is 1.85. The summed E-state index contributed by atoms with van der Waals surface area (Å²) >= 11 is 0. The molecule has 0 aromatic carbocycles. The van der Waals surface area contributed by atoms with Crippen LogP contribution < -0.4 is 10.6 Å². The summed E-state index contributed by atoms with van der Waals surface area (Å²) in [6.07, 6.45) is 4.67. The highest BCUT2D eigenvalue weighted by atomic mass is 16.3. The van der Waals surface area contributed by atoms with Crippen molar-refractivity contribution in [3.05, 3.63) is 12.3 Å². The summed E-state index contributed by atoms with van der Waals surface area (Å²) in [5.74, 6) is 1.45. The lowest BCUT2D eigenvalue weighted by molar-refractivity contribution is 0.127. The van der Waals surface area contributed by atoms with Crippen LogP contribution in [0.3, 0.4) is 0 Å². The first-order valence-corrected chi connectivity index (χ1v) is 7.11. The number of rotatable bonds is 9. The van der Waals surface area contributed by atoms with E-state index in [4.69, 9.17) is 0 Å². The highest BCUT2D eigenvalue weighted by Gasteiger charge is 2.24. The Bertz CT molecular complexity index is 358. The smallest absolute Gasteiger partial charge is 0.224 e. The molecule has 3 N–H and O–H groups in total. The topological polar surface area (TPSA) is 70.1 Å². The predicted molar refractivity (Wildman–Crippen MR) is 79.4 cm³/mol. The van der Waals surface area contributed by atoms with Crippen LogP contribution in [-0.2, 0) is 0 Å². The molecule has 1 rings (SSSR count). The first-order chi connectivity index (χ1) is 9.19. The number of nitrogens with one attached hydrogen (secondary N) is 2. The summed E-state index contributed by atoms with van der Waals surface area (Å²) in [4.78, 5) is 8.57. The fourth-order valence-corrected chi connectivity index (χ4v) is 1.84. The quantitative estimate of drug-likeness (QED) is 0.640. The molecule has 0 amide bonds. The summed E-state index contributed by atoms with van der Waals surface area (Å²) in [5, 5.41) is 16.0. The maximum absolute atomic E-state index is 9.54. The molecule has 0 unspecified atom stereocenters. The Kier molecular flexibility index (Phi) is 6.56. The molecule has 0 spiro atoms. The van der Waals surface area contributed by atoms with Gasteiger partial charge in [-0.2, -0.15) is 4.98 Å². The summed E-state index contributed by atoms with van der Waals surface area (Å²) in [5.41, 5.74) is -0.0675. The fourth-order valence-electron chi connectivity index (χ4n) is 1.84. The SMILES string of the molecule is CCCNc1nccc(NCC(CC)(CC)CO)n1. The average molecular weight is 266 g/mol. The van der Waals surface area contributed by atoms with Crippen molar-refractivity contribution in [1.29, 1.82) is 0 Å². The second-order valence-corrected chi connectivity index (χ2v) is 4.91. The van der Waals surface area contributed by atoms with E-state index in [1.807, 2.05) is 6.07 Å². The minimum Gasteiger partial charge on any atom is -0.396 e. The third-order valence-electron chi connectivity index (χ3n) is 3.67. The van der Waals surface area contributed by atoms with Gasteiger partial charge < -0.3 is 15.7 Å². The van der Waals surface area contributed by atoms with Crippen LogP contribution in [0.2, 0.25) is 0 Å². The highest BCUT2D eigenvalue weighted by molar-refractivity contribution is 5.39. The average Bonchev–Trinajstić information content (AvgIpc) is 2.47. The Morgan fingerprint density at radius 1 is 1.21 bits per heavy atom. The van der Waals surface area contributed by atoms with Crippen LogP contribution in [0.25, 0.3) is 0 Å². The number of anilines is 2. The molecule has 108 valence electrons. The van der Waals surface area contributed by atoms with Crippen molar-refractivity contribution in [2.75, 3.05) is 30.3 Å². The second kappa shape index (κ2) is 7.94. The summed E-state index contributed by atoms with van der Waals surface area (Å²) in [6.45, 7) is 8.10. The molecule has 0 aliphatic carbocycles. The lowest BCUT2D eigenvalue weighted by Crippen LogP contribution is -2.32. The van der Waals surface area contributed by atoms with E-state index in [0.717, 1.165) is 38.2 Å². The molecule has 5 nitrogen and oxygen atoms in total. The van der Waals surface area contributed by atoms with Crippen LogP contribution in [0.5, 0.6) is 0 Å². The van der Waals surface area contributed by atoms with Crippen LogP contribution in [0.1, 0.15) is 40.0 Å². The number of aromatic nitrogens is 2. The Balaban J connectivity index is 2.61. The van der Waals surface area contributed by atoms with Gasteiger partial charge in [0, 0.05) is 24.7 Å². The van der Waals surface area contributed by atoms with Crippen LogP contribution in [0.15, 0.2) is 12.3 Å². The summed E-state index contributed by atoms with van der Waals surface area (Å²) < 4.78 is 0. The van der Waals surface area contributed by atoms with Crippen molar-refractivity contribution in [1.82, 2.24) is 9.97 Å². The van der Waals surface area contributed by atoms with Crippen molar-refractivity contribution in [2.24, 2.45) is 5.41 Å². The van der Waals surface area contributed by atoms with E-state index in [2.05, 4.69) is 41.4 Å². The van der Waals surface area contributed by atoms with Crippen molar-refractivity contribution >= 4 is 11.8 Å². The largest absolute Gasteiger partial charge is 0.396 e. The first kappa shape index (κ1) is 15.7. The van der Waals surface area contributed by atoms with E-state index >= 15 is 0 Å². The molecular weight excluding hydrogens is 240 g/mol. The molecule has 0 saturated carbocycles. The van der Waals surface area contributed by atoms with Crippen LogP contribution in [-0.4, -0.2) is 34.8 Å². The number of hydrogen-bond acceptors (Lipinski definition) is 5. The van der Waals surface area contributed by atoms with Gasteiger partial charge in [0.05, 0.1) is 6.61 Å². The minimum atomic E-state index is -0.0675. The van der Waals surface area contributed by atoms with Crippen molar-refractivity contribution < 1.29 is 5.11 Å². The van der Waals surface area contributed by atoms with Gasteiger partial charge in [-0.3, -0.25) is 0 Å². The van der Waals surface area contributed by atoms with Crippen LogP contribution in [0, 0.1) is 5.41 Å². The molecule has 1 heterocycles. The third-order valence-corrected chi connectivity index (χ3v) is 3.67. The lowest BCUT2D eigenvalue weighted by Gasteiger charge is -2.29. The second-order valence-electron chi connectivity index (χ2n) is 4.91. The molecule has 5 heteroatoms. The number of nitrogens with zero attached hydrogens (tertiary/aromatic N) is 2. The minimum absolute atomic E-state index is 0.0675. The molecule has 0 aliphatic heterocycles. The van der Waals surface area contributed by atoms with Gasteiger partial charge in [-0.05, 0) is 25.3 Å². The predicted octanol–water partition coefficient (Wildman–Crippen LogP) is 2.51. The van der Waals surface area contributed by atoms with E-state index in [9.17, 15) is 5.11 Å². The Morgan fingerprint density at radius 2 is 1.95 bits per heavy atom. The van der Waals surface area contributed by atoms with Crippen molar-refractivity contribution in [2.45, 2.75) is 40.0 Å². The zero-order chi connectivity index (χ0) is 14.1. The number of aliphatic hydroxyl groups is 1. The molecule has 0 fully saturated rings. The fraction of sp³-hybridized carbons (Fsp3) is 0.714. The zero-order valence-corrected chi connectivity index (χ0v) is 12.2. The Hall–Kier alpha value is -1.36.